The van der Waals surface area contributed by atoms with Gasteiger partial charge in [-0.15, -0.1) is 11.3 Å². The number of hydrogen-bond donors (Lipinski definition) is 0. The van der Waals surface area contributed by atoms with Crippen LogP contribution in [-0.4, -0.2) is 65.1 Å². The van der Waals surface area contributed by atoms with Crippen molar-refractivity contribution in [2.45, 2.75) is 13.1 Å². The number of amides is 1. The summed E-state index contributed by atoms with van der Waals surface area (Å²) in [6.45, 7) is 5.87. The van der Waals surface area contributed by atoms with Gasteiger partial charge in [-0.1, -0.05) is 18.2 Å². The molecule has 1 aromatic carbocycles. The summed E-state index contributed by atoms with van der Waals surface area (Å²) in [4.78, 5) is 26.3. The number of aromatic nitrogens is 2. The molecule has 0 N–H and O–H groups in total. The fourth-order valence-corrected chi connectivity index (χ4v) is 4.02. The predicted octanol–water partition coefficient (Wildman–Crippen LogP) is 3.09. The minimum absolute atomic E-state index is 0.0493. The molecule has 1 amide bonds. The number of rotatable bonds is 9. The fourth-order valence-electron chi connectivity index (χ4n) is 3.44. The second-order valence-corrected chi connectivity index (χ2v) is 8.18. The van der Waals surface area contributed by atoms with Crippen molar-refractivity contribution < 1.29 is 14.3 Å². The standard InChI is InChI=1S/C23H26N4O3S/c28-23(22-15-24-18-31-22)27(17-20-5-1-2-7-25-20)16-19-4-3-6-21(14-19)30-13-10-26-8-11-29-12-9-26/h1-7,14-15,18H,8-13,16-17H2. The van der Waals surface area contributed by atoms with E-state index in [1.165, 1.54) is 11.3 Å². The number of carbonyl (C=O) groups excluding carboxylic acids is 1. The van der Waals surface area contributed by atoms with Gasteiger partial charge in [0, 0.05) is 32.4 Å². The number of thiazole rings is 1. The van der Waals surface area contributed by atoms with Crippen LogP contribution < -0.4 is 4.74 Å². The van der Waals surface area contributed by atoms with E-state index in [2.05, 4.69) is 14.9 Å². The molecule has 31 heavy (non-hydrogen) atoms. The van der Waals surface area contributed by atoms with E-state index in [-0.39, 0.29) is 5.91 Å². The second kappa shape index (κ2) is 11.0. The van der Waals surface area contributed by atoms with Crippen molar-refractivity contribution >= 4 is 17.2 Å². The number of morpholine rings is 1. The molecule has 0 radical (unpaired) electrons. The third-order valence-corrected chi connectivity index (χ3v) is 5.82. The van der Waals surface area contributed by atoms with Crippen molar-refractivity contribution in [2.75, 3.05) is 39.5 Å². The highest BCUT2D eigenvalue weighted by Gasteiger charge is 2.19. The quantitative estimate of drug-likeness (QED) is 0.511. The van der Waals surface area contributed by atoms with Gasteiger partial charge in [-0.05, 0) is 29.8 Å². The maximum Gasteiger partial charge on any atom is 0.266 e. The van der Waals surface area contributed by atoms with Gasteiger partial charge >= 0.3 is 0 Å². The molecule has 1 fully saturated rings. The first kappa shape index (κ1) is 21.4. The van der Waals surface area contributed by atoms with E-state index in [0.29, 0.717) is 24.6 Å². The van der Waals surface area contributed by atoms with Gasteiger partial charge in [-0.25, -0.2) is 0 Å². The van der Waals surface area contributed by atoms with Crippen LogP contribution in [0.3, 0.4) is 0 Å². The Hall–Kier alpha value is -2.81. The molecule has 7 nitrogen and oxygen atoms in total. The molecule has 0 unspecified atom stereocenters. The van der Waals surface area contributed by atoms with Crippen molar-refractivity contribution in [3.8, 4) is 5.75 Å². The van der Waals surface area contributed by atoms with Crippen LogP contribution in [0.25, 0.3) is 0 Å². The lowest BCUT2D eigenvalue weighted by Gasteiger charge is -2.26. The summed E-state index contributed by atoms with van der Waals surface area (Å²) in [7, 11) is 0. The molecule has 0 atom stereocenters. The SMILES string of the molecule is O=C(c1cncs1)N(Cc1cccc(OCCN2CCOCC2)c1)Cc1ccccn1. The van der Waals surface area contributed by atoms with E-state index in [1.807, 2.05) is 42.5 Å². The number of ether oxygens (including phenoxy) is 2. The van der Waals surface area contributed by atoms with Crippen LogP contribution in [0.15, 0.2) is 60.4 Å². The first-order valence-electron chi connectivity index (χ1n) is 10.4. The molecule has 0 saturated carbocycles. The lowest BCUT2D eigenvalue weighted by Crippen LogP contribution is -2.38. The van der Waals surface area contributed by atoms with Gasteiger partial charge in [-0.3, -0.25) is 19.7 Å². The Bertz CT molecular complexity index is 946. The smallest absolute Gasteiger partial charge is 0.266 e. The largest absolute Gasteiger partial charge is 0.492 e. The Morgan fingerprint density at radius 1 is 1.16 bits per heavy atom. The van der Waals surface area contributed by atoms with Crippen molar-refractivity contribution in [3.63, 3.8) is 0 Å². The van der Waals surface area contributed by atoms with Crippen LogP contribution in [-0.2, 0) is 17.8 Å². The Balaban J connectivity index is 1.41. The Kier molecular flexibility index (Phi) is 7.60. The van der Waals surface area contributed by atoms with Gasteiger partial charge in [0.05, 0.1) is 37.2 Å². The van der Waals surface area contributed by atoms with Gasteiger partial charge in [0.1, 0.15) is 17.2 Å². The number of nitrogens with zero attached hydrogens (tertiary/aromatic N) is 4. The summed E-state index contributed by atoms with van der Waals surface area (Å²) in [5, 5.41) is 0. The number of benzene rings is 1. The molecule has 0 aliphatic carbocycles. The summed E-state index contributed by atoms with van der Waals surface area (Å²) in [5.41, 5.74) is 3.53. The average Bonchev–Trinajstić information content (AvgIpc) is 3.35. The van der Waals surface area contributed by atoms with Crippen molar-refractivity contribution in [2.24, 2.45) is 0 Å². The third-order valence-electron chi connectivity index (χ3n) is 5.06. The third kappa shape index (κ3) is 6.33. The minimum atomic E-state index is -0.0493. The Labute approximate surface area is 186 Å². The predicted molar refractivity (Wildman–Crippen MR) is 119 cm³/mol. The average molecular weight is 439 g/mol. The molecule has 0 spiro atoms. The van der Waals surface area contributed by atoms with Gasteiger partial charge < -0.3 is 14.4 Å². The highest BCUT2D eigenvalue weighted by atomic mass is 32.1. The van der Waals surface area contributed by atoms with Crippen LogP contribution in [0.5, 0.6) is 5.75 Å². The van der Waals surface area contributed by atoms with Crippen LogP contribution in [0.2, 0.25) is 0 Å². The number of pyridine rings is 1. The van der Waals surface area contributed by atoms with Crippen LogP contribution in [0, 0.1) is 0 Å². The Morgan fingerprint density at radius 2 is 2.06 bits per heavy atom. The van der Waals surface area contributed by atoms with E-state index in [1.54, 1.807) is 22.8 Å². The fraction of sp³-hybridized carbons (Fsp3) is 0.348. The molecule has 1 aliphatic heterocycles. The van der Waals surface area contributed by atoms with E-state index in [0.717, 1.165) is 49.9 Å². The summed E-state index contributed by atoms with van der Waals surface area (Å²) in [6.07, 6.45) is 3.36. The van der Waals surface area contributed by atoms with E-state index in [4.69, 9.17) is 9.47 Å². The number of carbonyl (C=O) groups is 1. The van der Waals surface area contributed by atoms with Gasteiger partial charge in [0.15, 0.2) is 0 Å². The second-order valence-electron chi connectivity index (χ2n) is 7.30. The zero-order chi connectivity index (χ0) is 21.3. The Morgan fingerprint density at radius 3 is 2.84 bits per heavy atom. The number of hydrogen-bond acceptors (Lipinski definition) is 7. The highest BCUT2D eigenvalue weighted by molar-refractivity contribution is 7.11. The van der Waals surface area contributed by atoms with Crippen LogP contribution in [0.4, 0.5) is 0 Å². The van der Waals surface area contributed by atoms with E-state index in [9.17, 15) is 4.79 Å². The topological polar surface area (TPSA) is 67.8 Å². The zero-order valence-corrected chi connectivity index (χ0v) is 18.2. The lowest BCUT2D eigenvalue weighted by atomic mass is 10.2. The maximum atomic E-state index is 13.1. The first-order valence-corrected chi connectivity index (χ1v) is 11.3. The van der Waals surface area contributed by atoms with Gasteiger partial charge in [0.25, 0.3) is 5.91 Å². The summed E-state index contributed by atoms with van der Waals surface area (Å²) >= 11 is 1.35. The van der Waals surface area contributed by atoms with Crippen LogP contribution >= 0.6 is 11.3 Å². The summed E-state index contributed by atoms with van der Waals surface area (Å²) in [6, 6.07) is 13.7. The lowest BCUT2D eigenvalue weighted by molar-refractivity contribution is 0.0322. The molecule has 0 bridgehead atoms. The normalized spacial score (nSPS) is 14.3. The summed E-state index contributed by atoms with van der Waals surface area (Å²) in [5.74, 6) is 0.764. The minimum Gasteiger partial charge on any atom is -0.492 e. The van der Waals surface area contributed by atoms with Crippen molar-refractivity contribution in [1.82, 2.24) is 19.8 Å². The van der Waals surface area contributed by atoms with E-state index >= 15 is 0 Å². The van der Waals surface area contributed by atoms with Gasteiger partial charge in [-0.2, -0.15) is 0 Å². The molecule has 8 heteroatoms. The zero-order valence-electron chi connectivity index (χ0n) is 17.4. The monoisotopic (exact) mass is 438 g/mol. The summed E-state index contributed by atoms with van der Waals surface area (Å²) < 4.78 is 11.4. The molecule has 2 aromatic heterocycles. The first-order chi connectivity index (χ1) is 15.3. The highest BCUT2D eigenvalue weighted by Crippen LogP contribution is 2.19. The molecule has 3 heterocycles. The van der Waals surface area contributed by atoms with Crippen LogP contribution in [0.1, 0.15) is 20.9 Å². The molecule has 4 rings (SSSR count). The molecule has 3 aromatic rings. The molecule has 1 saturated heterocycles. The van der Waals surface area contributed by atoms with E-state index < -0.39 is 0 Å². The molecule has 162 valence electrons. The molecule has 1 aliphatic rings. The van der Waals surface area contributed by atoms with Crippen molar-refractivity contribution in [1.29, 1.82) is 0 Å². The molecular formula is C23H26N4O3S. The molecular weight excluding hydrogens is 412 g/mol. The van der Waals surface area contributed by atoms with Gasteiger partial charge in [0.2, 0.25) is 0 Å². The van der Waals surface area contributed by atoms with Crippen molar-refractivity contribution in [3.05, 3.63) is 76.5 Å². The maximum absolute atomic E-state index is 13.1.